The van der Waals surface area contributed by atoms with Gasteiger partial charge in [-0.3, -0.25) is 0 Å². The van der Waals surface area contributed by atoms with Crippen LogP contribution in [0.25, 0.3) is 0 Å². The van der Waals surface area contributed by atoms with Crippen LogP contribution in [0.3, 0.4) is 0 Å². The Balaban J connectivity index is 1.53. The number of para-hydroxylation sites is 1. The Morgan fingerprint density at radius 3 is 2.19 bits per heavy atom. The zero-order chi connectivity index (χ0) is 18.2. The van der Waals surface area contributed by atoms with Crippen LogP contribution in [0.15, 0.2) is 91.6 Å². The van der Waals surface area contributed by atoms with E-state index in [1.807, 2.05) is 36.5 Å². The van der Waals surface area contributed by atoms with Gasteiger partial charge in [0.1, 0.15) is 12.4 Å². The zero-order valence-corrected chi connectivity index (χ0v) is 15.3. The third kappa shape index (κ3) is 4.76. The van der Waals surface area contributed by atoms with Crippen LogP contribution in [0, 0.1) is 6.92 Å². The van der Waals surface area contributed by atoms with E-state index in [4.69, 9.17) is 4.74 Å². The number of ether oxygens (including phenoxy) is 1. The Kier molecular flexibility index (Phi) is 6.10. The molecule has 0 fully saturated rings. The monoisotopic (exact) mass is 343 g/mol. The van der Waals surface area contributed by atoms with Gasteiger partial charge < -0.3 is 9.64 Å². The van der Waals surface area contributed by atoms with Crippen molar-refractivity contribution >= 4 is 5.69 Å². The van der Waals surface area contributed by atoms with Crippen LogP contribution in [-0.4, -0.2) is 13.2 Å². The highest BCUT2D eigenvalue weighted by atomic mass is 16.5. The molecule has 0 unspecified atom stereocenters. The molecule has 0 aromatic heterocycles. The minimum absolute atomic E-state index is 0.610. The minimum Gasteiger partial charge on any atom is -0.492 e. The summed E-state index contributed by atoms with van der Waals surface area (Å²) in [5.41, 5.74) is 5.01. The second-order valence-electron chi connectivity index (χ2n) is 6.32. The number of benzene rings is 3. The predicted octanol–water partition coefficient (Wildman–Crippen LogP) is 5.61. The summed E-state index contributed by atoms with van der Waals surface area (Å²) in [6, 6.07) is 27.2. The Morgan fingerprint density at radius 2 is 1.50 bits per heavy atom. The third-order valence-corrected chi connectivity index (χ3v) is 4.42. The van der Waals surface area contributed by atoms with Crippen molar-refractivity contribution in [2.75, 3.05) is 18.1 Å². The molecule has 3 aromatic carbocycles. The van der Waals surface area contributed by atoms with Gasteiger partial charge in [0.2, 0.25) is 0 Å². The second kappa shape index (κ2) is 8.91. The van der Waals surface area contributed by atoms with Crippen LogP contribution >= 0.6 is 0 Å². The van der Waals surface area contributed by atoms with Gasteiger partial charge >= 0.3 is 0 Å². The molecule has 0 atom stereocenters. The van der Waals surface area contributed by atoms with E-state index in [9.17, 15) is 0 Å². The fourth-order valence-electron chi connectivity index (χ4n) is 2.99. The first kappa shape index (κ1) is 17.8. The topological polar surface area (TPSA) is 12.5 Å². The summed E-state index contributed by atoms with van der Waals surface area (Å²) in [6.07, 6.45) is 2.80. The lowest BCUT2D eigenvalue weighted by atomic mass is 10.1. The largest absolute Gasteiger partial charge is 0.492 e. The van der Waals surface area contributed by atoms with Gasteiger partial charge in [-0.2, -0.15) is 0 Å². The maximum Gasteiger partial charge on any atom is 0.119 e. The van der Waals surface area contributed by atoms with Gasteiger partial charge in [0.05, 0.1) is 6.54 Å². The lowest BCUT2D eigenvalue weighted by Gasteiger charge is -2.22. The van der Waals surface area contributed by atoms with Crippen molar-refractivity contribution in [2.24, 2.45) is 0 Å². The van der Waals surface area contributed by atoms with Crippen LogP contribution < -0.4 is 9.64 Å². The lowest BCUT2D eigenvalue weighted by Crippen LogP contribution is -2.23. The molecule has 0 aliphatic heterocycles. The summed E-state index contributed by atoms with van der Waals surface area (Å²) < 4.78 is 5.92. The number of nitrogens with zero attached hydrogens (tertiary/aromatic N) is 1. The average molecular weight is 343 g/mol. The molecular formula is C24H25NO. The molecule has 3 rings (SSSR count). The first-order chi connectivity index (χ1) is 12.8. The highest BCUT2D eigenvalue weighted by Gasteiger charge is 2.05. The average Bonchev–Trinajstić information content (AvgIpc) is 2.68. The molecule has 0 aliphatic rings. The van der Waals surface area contributed by atoms with E-state index in [1.54, 1.807) is 0 Å². The third-order valence-electron chi connectivity index (χ3n) is 4.42. The number of rotatable bonds is 8. The summed E-state index contributed by atoms with van der Waals surface area (Å²) in [5, 5.41) is 0. The highest BCUT2D eigenvalue weighted by molar-refractivity contribution is 5.54. The maximum atomic E-state index is 5.92. The molecule has 0 bridgehead atoms. The molecule has 3 aromatic rings. The number of hydrogen-bond acceptors (Lipinski definition) is 2. The second-order valence-corrected chi connectivity index (χ2v) is 6.32. The van der Waals surface area contributed by atoms with Gasteiger partial charge in [0, 0.05) is 5.69 Å². The highest BCUT2D eigenvalue weighted by Crippen LogP contribution is 2.20. The van der Waals surface area contributed by atoms with E-state index in [-0.39, 0.29) is 0 Å². The molecule has 0 aliphatic carbocycles. The summed E-state index contributed by atoms with van der Waals surface area (Å²) in [4.78, 5) is 2.12. The van der Waals surface area contributed by atoms with E-state index >= 15 is 0 Å². The van der Waals surface area contributed by atoms with Crippen molar-refractivity contribution in [3.8, 4) is 5.75 Å². The van der Waals surface area contributed by atoms with Crippen molar-refractivity contribution in [1.82, 2.24) is 0 Å². The Bertz CT molecular complexity index is 824. The first-order valence-corrected chi connectivity index (χ1v) is 8.97. The predicted molar refractivity (Wildman–Crippen MR) is 110 cm³/mol. The van der Waals surface area contributed by atoms with Gasteiger partial charge in [-0.25, -0.2) is 0 Å². The van der Waals surface area contributed by atoms with E-state index < -0.39 is 0 Å². The van der Waals surface area contributed by atoms with Crippen LogP contribution in [-0.2, 0) is 6.42 Å². The molecule has 0 radical (unpaired) electrons. The summed E-state index contributed by atoms with van der Waals surface area (Å²) >= 11 is 0. The Labute approximate surface area is 156 Å². The lowest BCUT2D eigenvalue weighted by molar-refractivity contribution is 0.327. The van der Waals surface area contributed by atoms with Crippen LogP contribution in [0.2, 0.25) is 0 Å². The van der Waals surface area contributed by atoms with Gasteiger partial charge in [-0.15, -0.1) is 0 Å². The van der Waals surface area contributed by atoms with Gasteiger partial charge in [-0.1, -0.05) is 67.2 Å². The van der Waals surface area contributed by atoms with Crippen LogP contribution in [0.4, 0.5) is 5.69 Å². The van der Waals surface area contributed by atoms with Crippen molar-refractivity contribution in [3.05, 3.63) is 108 Å². The SMILES string of the molecule is C=CN(CCOc1ccc(Cc2ccccc2)cc1)c1ccccc1C. The molecule has 26 heavy (non-hydrogen) atoms. The molecular weight excluding hydrogens is 318 g/mol. The molecule has 2 nitrogen and oxygen atoms in total. The van der Waals surface area contributed by atoms with Crippen LogP contribution in [0.5, 0.6) is 5.75 Å². The smallest absolute Gasteiger partial charge is 0.119 e. The van der Waals surface area contributed by atoms with E-state index in [0.29, 0.717) is 6.61 Å². The molecule has 0 spiro atoms. The molecule has 0 heterocycles. The summed E-state index contributed by atoms with van der Waals surface area (Å²) in [5.74, 6) is 0.899. The molecule has 2 heteroatoms. The number of hydrogen-bond donors (Lipinski definition) is 0. The summed E-state index contributed by atoms with van der Waals surface area (Å²) in [6.45, 7) is 7.41. The standard InChI is InChI=1S/C24H25NO/c1-3-25(24-12-8-7-9-20(24)2)17-18-26-23-15-13-22(14-16-23)19-21-10-5-4-6-11-21/h3-16H,1,17-19H2,2H3. The first-order valence-electron chi connectivity index (χ1n) is 8.97. The van der Waals surface area contributed by atoms with Crippen molar-refractivity contribution in [3.63, 3.8) is 0 Å². The number of aryl methyl sites for hydroxylation is 1. The van der Waals surface area contributed by atoms with Crippen molar-refractivity contribution in [2.45, 2.75) is 13.3 Å². The normalized spacial score (nSPS) is 10.3. The quantitative estimate of drug-likeness (QED) is 0.527. The van der Waals surface area contributed by atoms with E-state index in [2.05, 4.69) is 66.9 Å². The van der Waals surface area contributed by atoms with Crippen molar-refractivity contribution < 1.29 is 4.74 Å². The van der Waals surface area contributed by atoms with E-state index in [1.165, 1.54) is 22.4 Å². The van der Waals surface area contributed by atoms with Gasteiger partial charge in [-0.05, 0) is 54.4 Å². The van der Waals surface area contributed by atoms with E-state index in [0.717, 1.165) is 18.7 Å². The molecule has 0 N–H and O–H groups in total. The Morgan fingerprint density at radius 1 is 0.846 bits per heavy atom. The van der Waals surface area contributed by atoms with Crippen molar-refractivity contribution in [1.29, 1.82) is 0 Å². The minimum atomic E-state index is 0.610. The molecule has 0 amide bonds. The number of anilines is 1. The maximum absolute atomic E-state index is 5.92. The zero-order valence-electron chi connectivity index (χ0n) is 15.3. The van der Waals surface area contributed by atoms with Gasteiger partial charge in [0.25, 0.3) is 0 Å². The fourth-order valence-corrected chi connectivity index (χ4v) is 2.99. The summed E-state index contributed by atoms with van der Waals surface area (Å²) in [7, 11) is 0. The van der Waals surface area contributed by atoms with Crippen LogP contribution in [0.1, 0.15) is 16.7 Å². The Hall–Kier alpha value is -3.00. The molecule has 132 valence electrons. The van der Waals surface area contributed by atoms with Gasteiger partial charge in [0.15, 0.2) is 0 Å². The fraction of sp³-hybridized carbons (Fsp3) is 0.167. The molecule has 0 saturated heterocycles. The molecule has 0 saturated carbocycles.